The van der Waals surface area contributed by atoms with E-state index in [1.807, 2.05) is 45.0 Å². The maximum Gasteiger partial charge on any atom is 0.253 e. The van der Waals surface area contributed by atoms with E-state index in [0.29, 0.717) is 5.69 Å². The summed E-state index contributed by atoms with van der Waals surface area (Å²) in [5.41, 5.74) is 6.99. The first-order valence-corrected chi connectivity index (χ1v) is 5.32. The van der Waals surface area contributed by atoms with Gasteiger partial charge in [-0.15, -0.1) is 0 Å². The zero-order valence-corrected chi connectivity index (χ0v) is 9.82. The third-order valence-electron chi connectivity index (χ3n) is 2.63. The molecule has 0 amide bonds. The molecule has 2 aromatic rings. The number of anilines is 1. The lowest BCUT2D eigenvalue weighted by Gasteiger charge is -2.25. The molecule has 0 aliphatic heterocycles. The molecule has 0 bridgehead atoms. The van der Waals surface area contributed by atoms with Gasteiger partial charge in [-0.05, 0) is 26.8 Å². The molecule has 0 saturated carbocycles. The topological polar surface area (TPSA) is 48.0 Å². The number of aromatic nitrogens is 1. The first-order chi connectivity index (χ1) is 7.41. The van der Waals surface area contributed by atoms with Gasteiger partial charge < -0.3 is 10.3 Å². The van der Waals surface area contributed by atoms with Crippen LogP contribution in [0.25, 0.3) is 10.9 Å². The second kappa shape index (κ2) is 3.37. The molecule has 0 aliphatic rings. The fourth-order valence-corrected chi connectivity index (χ4v) is 2.00. The number of para-hydroxylation sites is 1. The Balaban J connectivity index is 2.99. The van der Waals surface area contributed by atoms with Gasteiger partial charge in [0.05, 0.1) is 5.52 Å². The third kappa shape index (κ3) is 1.58. The molecule has 84 valence electrons. The van der Waals surface area contributed by atoms with Crippen molar-refractivity contribution in [2.24, 2.45) is 0 Å². The van der Waals surface area contributed by atoms with Crippen LogP contribution in [0.1, 0.15) is 20.8 Å². The monoisotopic (exact) mass is 216 g/mol. The van der Waals surface area contributed by atoms with Crippen molar-refractivity contribution in [2.75, 3.05) is 5.73 Å². The summed E-state index contributed by atoms with van der Waals surface area (Å²) >= 11 is 0. The molecule has 1 heterocycles. The Morgan fingerprint density at radius 2 is 1.81 bits per heavy atom. The van der Waals surface area contributed by atoms with Gasteiger partial charge in [0.25, 0.3) is 5.56 Å². The van der Waals surface area contributed by atoms with E-state index in [-0.39, 0.29) is 11.1 Å². The summed E-state index contributed by atoms with van der Waals surface area (Å²) in [6.45, 7) is 6.03. The van der Waals surface area contributed by atoms with Crippen molar-refractivity contribution in [3.05, 3.63) is 40.7 Å². The quantitative estimate of drug-likeness (QED) is 0.734. The van der Waals surface area contributed by atoms with Gasteiger partial charge >= 0.3 is 0 Å². The Kier molecular flexibility index (Phi) is 2.26. The highest BCUT2D eigenvalue weighted by Gasteiger charge is 2.17. The fraction of sp³-hybridized carbons (Fsp3) is 0.308. The lowest BCUT2D eigenvalue weighted by molar-refractivity contribution is 0.398. The average molecular weight is 216 g/mol. The van der Waals surface area contributed by atoms with Crippen LogP contribution < -0.4 is 11.3 Å². The minimum atomic E-state index is -0.246. The molecule has 0 aliphatic carbocycles. The number of hydrogen-bond acceptors (Lipinski definition) is 2. The molecule has 3 nitrogen and oxygen atoms in total. The molecule has 0 unspecified atom stereocenters. The van der Waals surface area contributed by atoms with Crippen molar-refractivity contribution in [2.45, 2.75) is 26.3 Å². The van der Waals surface area contributed by atoms with Crippen molar-refractivity contribution >= 4 is 16.6 Å². The zero-order valence-electron chi connectivity index (χ0n) is 9.82. The van der Waals surface area contributed by atoms with Crippen molar-refractivity contribution < 1.29 is 0 Å². The van der Waals surface area contributed by atoms with E-state index in [9.17, 15) is 4.79 Å². The summed E-state index contributed by atoms with van der Waals surface area (Å²) in [6, 6.07) is 9.21. The van der Waals surface area contributed by atoms with Crippen LogP contribution in [0.5, 0.6) is 0 Å². The lowest BCUT2D eigenvalue weighted by atomic mass is 10.1. The van der Waals surface area contributed by atoms with Crippen molar-refractivity contribution in [3.8, 4) is 0 Å². The van der Waals surface area contributed by atoms with E-state index in [0.717, 1.165) is 10.9 Å². The van der Waals surface area contributed by atoms with Crippen LogP contribution in [-0.2, 0) is 5.54 Å². The molecule has 1 aromatic heterocycles. The van der Waals surface area contributed by atoms with Gasteiger partial charge in [0.15, 0.2) is 0 Å². The van der Waals surface area contributed by atoms with Gasteiger partial charge in [0.1, 0.15) is 0 Å². The van der Waals surface area contributed by atoms with Gasteiger partial charge in [-0.1, -0.05) is 18.2 Å². The smallest absolute Gasteiger partial charge is 0.253 e. The van der Waals surface area contributed by atoms with Crippen molar-refractivity contribution in [1.29, 1.82) is 0 Å². The number of benzene rings is 1. The molecule has 2 N–H and O–H groups in total. The number of hydrogen-bond donors (Lipinski definition) is 1. The highest BCUT2D eigenvalue weighted by Crippen LogP contribution is 2.23. The highest BCUT2D eigenvalue weighted by atomic mass is 16.1. The van der Waals surface area contributed by atoms with Crippen LogP contribution in [0, 0.1) is 0 Å². The number of rotatable bonds is 0. The molecule has 16 heavy (non-hydrogen) atoms. The normalized spacial score (nSPS) is 11.9. The third-order valence-corrected chi connectivity index (χ3v) is 2.63. The summed E-state index contributed by atoms with van der Waals surface area (Å²) < 4.78 is 1.78. The summed E-state index contributed by atoms with van der Waals surface area (Å²) in [5.74, 6) is 0. The summed E-state index contributed by atoms with van der Waals surface area (Å²) in [4.78, 5) is 12.0. The van der Waals surface area contributed by atoms with Crippen LogP contribution in [-0.4, -0.2) is 4.57 Å². The van der Waals surface area contributed by atoms with E-state index >= 15 is 0 Å². The maximum atomic E-state index is 12.0. The number of nitrogen functional groups attached to an aromatic ring is 1. The van der Waals surface area contributed by atoms with Crippen LogP contribution in [0.15, 0.2) is 35.1 Å². The minimum absolute atomic E-state index is 0.0521. The van der Waals surface area contributed by atoms with Crippen molar-refractivity contribution in [1.82, 2.24) is 4.57 Å². The molecular weight excluding hydrogens is 200 g/mol. The molecule has 0 saturated heterocycles. The van der Waals surface area contributed by atoms with Crippen LogP contribution >= 0.6 is 0 Å². The minimum Gasteiger partial charge on any atom is -0.398 e. The van der Waals surface area contributed by atoms with E-state index in [2.05, 4.69) is 0 Å². The van der Waals surface area contributed by atoms with Gasteiger partial charge in [-0.3, -0.25) is 4.79 Å². The van der Waals surface area contributed by atoms with Gasteiger partial charge in [-0.25, -0.2) is 0 Å². The molecule has 0 radical (unpaired) electrons. The SMILES string of the molecule is CC(C)(C)n1c(=O)cc(N)c2ccccc21. The molecule has 0 spiro atoms. The average Bonchev–Trinajstić information content (AvgIpc) is 2.15. The standard InChI is InChI=1S/C13H16N2O/c1-13(2,3)15-11-7-5-4-6-9(11)10(14)8-12(15)16/h4-8H,14H2,1-3H3. The fourth-order valence-electron chi connectivity index (χ4n) is 2.00. The van der Waals surface area contributed by atoms with Crippen LogP contribution in [0.4, 0.5) is 5.69 Å². The highest BCUT2D eigenvalue weighted by molar-refractivity contribution is 5.90. The van der Waals surface area contributed by atoms with Gasteiger partial charge in [-0.2, -0.15) is 0 Å². The molecular formula is C13H16N2O. The van der Waals surface area contributed by atoms with Gasteiger partial charge in [0, 0.05) is 22.7 Å². The largest absolute Gasteiger partial charge is 0.398 e. The van der Waals surface area contributed by atoms with Crippen molar-refractivity contribution in [3.63, 3.8) is 0 Å². The predicted molar refractivity (Wildman–Crippen MR) is 67.6 cm³/mol. The lowest BCUT2D eigenvalue weighted by Crippen LogP contribution is -2.33. The van der Waals surface area contributed by atoms with E-state index in [1.165, 1.54) is 6.07 Å². The Morgan fingerprint density at radius 3 is 2.44 bits per heavy atom. The summed E-state index contributed by atoms with van der Waals surface area (Å²) in [7, 11) is 0. The van der Waals surface area contributed by atoms with Gasteiger partial charge in [0.2, 0.25) is 0 Å². The predicted octanol–water partition coefficient (Wildman–Crippen LogP) is 2.34. The number of fused-ring (bicyclic) bond motifs is 1. The maximum absolute atomic E-state index is 12.0. The second-order valence-electron chi connectivity index (χ2n) is 4.96. The summed E-state index contributed by atoms with van der Waals surface area (Å²) in [5, 5.41) is 0.928. The molecule has 0 fully saturated rings. The Labute approximate surface area is 94.5 Å². The van der Waals surface area contributed by atoms with Crippen LogP contribution in [0.2, 0.25) is 0 Å². The van der Waals surface area contributed by atoms with E-state index < -0.39 is 0 Å². The molecule has 3 heteroatoms. The van der Waals surface area contributed by atoms with E-state index in [4.69, 9.17) is 5.73 Å². The Morgan fingerprint density at radius 1 is 1.19 bits per heavy atom. The Hall–Kier alpha value is -1.77. The summed E-state index contributed by atoms with van der Waals surface area (Å²) in [6.07, 6.45) is 0. The first-order valence-electron chi connectivity index (χ1n) is 5.32. The first kappa shape index (κ1) is 10.7. The molecule has 1 aromatic carbocycles. The number of nitrogens with zero attached hydrogens (tertiary/aromatic N) is 1. The number of nitrogens with two attached hydrogens (primary N) is 1. The van der Waals surface area contributed by atoms with Crippen LogP contribution in [0.3, 0.4) is 0 Å². The Bertz CT molecular complexity index is 591. The van der Waals surface area contributed by atoms with E-state index in [1.54, 1.807) is 4.57 Å². The molecule has 2 rings (SSSR count). The second-order valence-corrected chi connectivity index (χ2v) is 4.96. The zero-order chi connectivity index (χ0) is 11.9. The molecule has 0 atom stereocenters. The number of pyridine rings is 1.